The number of aromatic nitrogens is 4. The first-order valence-corrected chi connectivity index (χ1v) is 17.4. The average molecular weight is 615 g/mol. The quantitative estimate of drug-likeness (QED) is 0.150. The van der Waals surface area contributed by atoms with Gasteiger partial charge in [-0.25, -0.2) is 4.98 Å². The standard InChI is InChI=1S/C36H46N4O3S/c1-24-7-6-17-35(2)31(14-18-36(35,43)23-44-34-38-33(39-40-34)27-15-19-37-20-16-27)29-13-11-25(21-28(41)12-10-24)22-30(29)32(42)26-8-4-3-5-9-26/h7,11,13,15-16,19-20,22,26,28,31,41,43H,3-6,8-10,12,14,17-18,21,23H2,1-2H3,(H,38,39,40). The molecule has 3 N–H and O–H groups in total. The minimum absolute atomic E-state index is 0.0470. The molecule has 7 rings (SSSR count). The Morgan fingerprint density at radius 2 is 1.86 bits per heavy atom. The van der Waals surface area contributed by atoms with Crippen molar-refractivity contribution in [3.05, 3.63) is 71.1 Å². The number of allylic oxidation sites excluding steroid dienone is 2. The lowest BCUT2D eigenvalue weighted by Crippen LogP contribution is -2.46. The molecule has 4 atom stereocenters. The van der Waals surface area contributed by atoms with Crippen molar-refractivity contribution in [2.75, 3.05) is 5.75 Å². The van der Waals surface area contributed by atoms with E-state index in [4.69, 9.17) is 4.98 Å². The Morgan fingerprint density at radius 1 is 1.07 bits per heavy atom. The minimum atomic E-state index is -0.960. The zero-order valence-corrected chi connectivity index (χ0v) is 26.9. The number of nitrogens with zero attached hydrogens (tertiary/aromatic N) is 3. The van der Waals surface area contributed by atoms with Gasteiger partial charge in [0, 0.05) is 40.6 Å². The van der Waals surface area contributed by atoms with Gasteiger partial charge < -0.3 is 10.2 Å². The molecular weight excluding hydrogens is 568 g/mol. The predicted molar refractivity (Wildman–Crippen MR) is 175 cm³/mol. The van der Waals surface area contributed by atoms with Crippen LogP contribution in [0.1, 0.15) is 112 Å². The lowest BCUT2D eigenvalue weighted by molar-refractivity contribution is -0.0422. The molecule has 0 amide bonds. The second-order valence-electron chi connectivity index (χ2n) is 13.6. The number of thioether (sulfide) groups is 1. The molecule has 3 aromatic rings. The van der Waals surface area contributed by atoms with Crippen molar-refractivity contribution in [3.8, 4) is 11.4 Å². The highest BCUT2D eigenvalue weighted by atomic mass is 32.2. The van der Waals surface area contributed by atoms with E-state index in [0.29, 0.717) is 36.0 Å². The lowest BCUT2D eigenvalue weighted by Gasteiger charge is -2.44. The van der Waals surface area contributed by atoms with E-state index in [2.05, 4.69) is 53.3 Å². The van der Waals surface area contributed by atoms with Crippen LogP contribution in [0, 0.1) is 11.3 Å². The van der Waals surface area contributed by atoms with Crippen molar-refractivity contribution in [2.24, 2.45) is 11.3 Å². The largest absolute Gasteiger partial charge is 0.393 e. The van der Waals surface area contributed by atoms with E-state index in [1.165, 1.54) is 23.8 Å². The number of nitrogens with one attached hydrogen (secondary N) is 1. The number of carbonyl (C=O) groups is 1. The lowest BCUT2D eigenvalue weighted by atomic mass is 9.65. The van der Waals surface area contributed by atoms with E-state index in [1.807, 2.05) is 12.1 Å². The van der Waals surface area contributed by atoms with Crippen LogP contribution in [0.4, 0.5) is 0 Å². The van der Waals surface area contributed by atoms with E-state index >= 15 is 0 Å². The summed E-state index contributed by atoms with van der Waals surface area (Å²) in [6.07, 6.45) is 15.9. The molecule has 0 saturated heterocycles. The number of H-pyrrole nitrogens is 1. The molecule has 4 unspecified atom stereocenters. The number of ketones is 1. The third-order valence-electron chi connectivity index (χ3n) is 10.8. The Bertz CT molecular complexity index is 1480. The first-order valence-electron chi connectivity index (χ1n) is 16.4. The van der Waals surface area contributed by atoms with Crippen LogP contribution in [0.15, 0.2) is 59.5 Å². The fourth-order valence-electron chi connectivity index (χ4n) is 7.91. The van der Waals surface area contributed by atoms with E-state index in [0.717, 1.165) is 73.6 Å². The second-order valence-corrected chi connectivity index (χ2v) is 14.6. The second kappa shape index (κ2) is 13.3. The van der Waals surface area contributed by atoms with Gasteiger partial charge in [0.25, 0.3) is 0 Å². The zero-order valence-electron chi connectivity index (χ0n) is 26.1. The number of aromatic amines is 1. The highest BCUT2D eigenvalue weighted by Gasteiger charge is 2.57. The molecule has 0 radical (unpaired) electrons. The molecule has 0 spiro atoms. The fourth-order valence-corrected chi connectivity index (χ4v) is 9.02. The van der Waals surface area contributed by atoms with Gasteiger partial charge in [0.05, 0.1) is 11.7 Å². The molecule has 4 aliphatic carbocycles. The third-order valence-corrected chi connectivity index (χ3v) is 11.8. The first-order chi connectivity index (χ1) is 21.3. The molecule has 2 heterocycles. The summed E-state index contributed by atoms with van der Waals surface area (Å²) < 4.78 is 0. The summed E-state index contributed by atoms with van der Waals surface area (Å²) in [4.78, 5) is 23.0. The summed E-state index contributed by atoms with van der Waals surface area (Å²) in [5, 5.41) is 31.5. The highest BCUT2D eigenvalue weighted by molar-refractivity contribution is 7.99. The number of aliphatic hydroxyl groups is 2. The number of hydrogen-bond donors (Lipinski definition) is 3. The summed E-state index contributed by atoms with van der Waals surface area (Å²) in [6, 6.07) is 10.2. The van der Waals surface area contributed by atoms with Gasteiger partial charge in [-0.3, -0.25) is 14.9 Å². The summed E-state index contributed by atoms with van der Waals surface area (Å²) in [5.41, 5.74) is 3.73. The van der Waals surface area contributed by atoms with E-state index < -0.39 is 17.1 Å². The molecule has 234 valence electrons. The van der Waals surface area contributed by atoms with Gasteiger partial charge in [0.2, 0.25) is 5.16 Å². The molecule has 1 aromatic carbocycles. The van der Waals surface area contributed by atoms with Gasteiger partial charge in [-0.05, 0) is 100.0 Å². The number of fused-ring (bicyclic) bond motifs is 8. The number of rotatable bonds is 6. The first kappa shape index (κ1) is 31.2. The van der Waals surface area contributed by atoms with Crippen molar-refractivity contribution < 1.29 is 15.0 Å². The van der Waals surface area contributed by atoms with Crippen molar-refractivity contribution in [1.29, 1.82) is 0 Å². The Hall–Kier alpha value is -2.81. The van der Waals surface area contributed by atoms with Gasteiger partial charge in [0.15, 0.2) is 11.6 Å². The maximum absolute atomic E-state index is 14.2. The number of aliphatic hydroxyl groups excluding tert-OH is 1. The number of hydrogen-bond acceptors (Lipinski definition) is 7. The van der Waals surface area contributed by atoms with Gasteiger partial charge in [-0.15, -0.1) is 5.10 Å². The molecule has 8 heteroatoms. The van der Waals surface area contributed by atoms with Crippen LogP contribution in [-0.2, 0) is 6.42 Å². The maximum atomic E-state index is 14.2. The van der Waals surface area contributed by atoms with Crippen LogP contribution in [0.25, 0.3) is 11.4 Å². The van der Waals surface area contributed by atoms with Gasteiger partial charge >= 0.3 is 0 Å². The van der Waals surface area contributed by atoms with Crippen molar-refractivity contribution >= 4 is 17.5 Å². The summed E-state index contributed by atoms with van der Waals surface area (Å²) in [7, 11) is 0. The predicted octanol–water partition coefficient (Wildman–Crippen LogP) is 7.46. The van der Waals surface area contributed by atoms with Crippen molar-refractivity contribution in [1.82, 2.24) is 20.2 Å². The molecular formula is C36H46N4O3S. The molecule has 4 aliphatic rings. The van der Waals surface area contributed by atoms with Crippen LogP contribution in [-0.4, -0.2) is 53.6 Å². The molecule has 0 aliphatic heterocycles. The van der Waals surface area contributed by atoms with Crippen molar-refractivity contribution in [2.45, 2.75) is 114 Å². The molecule has 7 nitrogen and oxygen atoms in total. The Kier molecular flexibility index (Phi) is 9.41. The number of pyridine rings is 1. The van der Waals surface area contributed by atoms with Crippen LogP contribution < -0.4 is 0 Å². The highest BCUT2D eigenvalue weighted by Crippen LogP contribution is 2.59. The molecule has 2 aromatic heterocycles. The molecule has 2 bridgehead atoms. The smallest absolute Gasteiger partial charge is 0.208 e. The van der Waals surface area contributed by atoms with Gasteiger partial charge in [-0.2, -0.15) is 0 Å². The number of Topliss-reactive ketones (excluding diaryl/α,β-unsaturated/α-hetero) is 1. The van der Waals surface area contributed by atoms with E-state index in [-0.39, 0.29) is 17.6 Å². The monoisotopic (exact) mass is 614 g/mol. The number of benzene rings is 1. The summed E-state index contributed by atoms with van der Waals surface area (Å²) in [6.45, 7) is 4.39. The summed E-state index contributed by atoms with van der Waals surface area (Å²) in [5.74, 6) is 1.54. The molecule has 2 fully saturated rings. The topological polar surface area (TPSA) is 112 Å². The van der Waals surface area contributed by atoms with Crippen molar-refractivity contribution in [3.63, 3.8) is 0 Å². The van der Waals surface area contributed by atoms with Crippen LogP contribution in [0.5, 0.6) is 0 Å². The zero-order chi connectivity index (χ0) is 30.7. The molecule has 44 heavy (non-hydrogen) atoms. The fraction of sp³-hybridized carbons (Fsp3) is 0.556. The van der Waals surface area contributed by atoms with E-state index in [1.54, 1.807) is 12.4 Å². The minimum Gasteiger partial charge on any atom is -0.393 e. The number of carbonyl (C=O) groups excluding carboxylic acids is 1. The Balaban J connectivity index is 1.33. The molecule has 2 saturated carbocycles. The van der Waals surface area contributed by atoms with Gasteiger partial charge in [0.1, 0.15) is 0 Å². The SMILES string of the molecule is CC1=CCCC2(C)C(CCC2(O)CSc2n[nH]c(-c3ccncc3)n2)c2ccc(cc2C(=O)C2CCCCC2)CC(O)CC1. The van der Waals surface area contributed by atoms with Gasteiger partial charge in [-0.1, -0.05) is 61.7 Å². The average Bonchev–Trinajstić information content (AvgIpc) is 3.62. The Labute approximate surface area is 265 Å². The summed E-state index contributed by atoms with van der Waals surface area (Å²) >= 11 is 1.50. The van der Waals surface area contributed by atoms with Crippen LogP contribution in [0.2, 0.25) is 0 Å². The maximum Gasteiger partial charge on any atom is 0.208 e. The normalized spacial score (nSPS) is 28.3. The third kappa shape index (κ3) is 6.44. The van der Waals surface area contributed by atoms with Crippen LogP contribution in [0.3, 0.4) is 0 Å². The van der Waals surface area contributed by atoms with E-state index in [9.17, 15) is 15.0 Å². The Morgan fingerprint density at radius 3 is 2.66 bits per heavy atom. The van der Waals surface area contributed by atoms with Crippen LogP contribution >= 0.6 is 11.8 Å².